The van der Waals surface area contributed by atoms with Gasteiger partial charge in [-0.25, -0.2) is 0 Å². The van der Waals surface area contributed by atoms with E-state index in [0.717, 1.165) is 23.3 Å². The highest BCUT2D eigenvalue weighted by atomic mass is 79.9. The highest BCUT2D eigenvalue weighted by Crippen LogP contribution is 2.37. The Kier molecular flexibility index (Phi) is 4.33. The van der Waals surface area contributed by atoms with Crippen molar-refractivity contribution in [3.05, 3.63) is 64.3 Å². The molecular weight excluding hydrogens is 364 g/mol. The molecule has 1 aliphatic rings. The standard InChI is InChI=1S/C20H21BrN2O/c1-24-16-7-4-14(5-8-16)20(23-10-2-3-11-23)18-13-22-19-9-6-15(21)12-17(18)19/h4-9,12-13,20,22H,2-3,10-11H2,1H3. The third-order valence-corrected chi connectivity index (χ3v) is 5.40. The summed E-state index contributed by atoms with van der Waals surface area (Å²) in [5, 5.41) is 1.29. The number of aromatic nitrogens is 1. The lowest BCUT2D eigenvalue weighted by atomic mass is 9.96. The van der Waals surface area contributed by atoms with E-state index >= 15 is 0 Å². The van der Waals surface area contributed by atoms with Gasteiger partial charge in [-0.2, -0.15) is 0 Å². The number of ether oxygens (including phenoxy) is 1. The average molecular weight is 385 g/mol. The number of nitrogens with one attached hydrogen (secondary N) is 1. The second-order valence-corrected chi connectivity index (χ2v) is 7.27. The Balaban J connectivity index is 1.83. The van der Waals surface area contributed by atoms with E-state index in [4.69, 9.17) is 4.74 Å². The van der Waals surface area contributed by atoms with Gasteiger partial charge >= 0.3 is 0 Å². The number of aromatic amines is 1. The van der Waals surface area contributed by atoms with Crippen molar-refractivity contribution >= 4 is 26.8 Å². The van der Waals surface area contributed by atoms with E-state index in [1.165, 1.54) is 34.9 Å². The van der Waals surface area contributed by atoms with Crippen molar-refractivity contribution in [1.82, 2.24) is 9.88 Å². The minimum atomic E-state index is 0.279. The van der Waals surface area contributed by atoms with Crippen LogP contribution in [0, 0.1) is 0 Å². The maximum Gasteiger partial charge on any atom is 0.118 e. The van der Waals surface area contributed by atoms with Crippen molar-refractivity contribution in [1.29, 1.82) is 0 Å². The minimum Gasteiger partial charge on any atom is -0.497 e. The van der Waals surface area contributed by atoms with E-state index in [0.29, 0.717) is 0 Å². The van der Waals surface area contributed by atoms with Gasteiger partial charge in [0.1, 0.15) is 5.75 Å². The molecule has 3 aromatic rings. The SMILES string of the molecule is COc1ccc(C(c2c[nH]c3ccc(Br)cc23)N2CCCC2)cc1. The summed E-state index contributed by atoms with van der Waals surface area (Å²) in [6.07, 6.45) is 4.72. The first kappa shape index (κ1) is 15.7. The molecule has 1 atom stereocenters. The molecule has 1 aliphatic heterocycles. The van der Waals surface area contributed by atoms with Gasteiger partial charge in [-0.1, -0.05) is 28.1 Å². The molecule has 1 N–H and O–H groups in total. The molecule has 1 fully saturated rings. The Morgan fingerprint density at radius 2 is 1.83 bits per heavy atom. The third-order valence-electron chi connectivity index (χ3n) is 4.91. The summed E-state index contributed by atoms with van der Waals surface area (Å²) in [4.78, 5) is 6.03. The number of rotatable bonds is 4. The van der Waals surface area contributed by atoms with Gasteiger partial charge < -0.3 is 9.72 Å². The number of methoxy groups -OCH3 is 1. The molecule has 4 rings (SSSR count). The molecule has 3 nitrogen and oxygen atoms in total. The molecule has 0 saturated carbocycles. The fourth-order valence-electron chi connectivity index (χ4n) is 3.71. The van der Waals surface area contributed by atoms with Crippen molar-refractivity contribution in [3.8, 4) is 5.75 Å². The van der Waals surface area contributed by atoms with Crippen LogP contribution in [0.3, 0.4) is 0 Å². The number of hydrogen-bond donors (Lipinski definition) is 1. The number of H-pyrrole nitrogens is 1. The van der Waals surface area contributed by atoms with E-state index < -0.39 is 0 Å². The molecule has 0 radical (unpaired) electrons. The van der Waals surface area contributed by atoms with Crippen LogP contribution in [0.4, 0.5) is 0 Å². The van der Waals surface area contributed by atoms with Gasteiger partial charge in [0, 0.05) is 21.6 Å². The molecule has 2 aromatic carbocycles. The second kappa shape index (κ2) is 6.61. The van der Waals surface area contributed by atoms with Crippen molar-refractivity contribution in [2.24, 2.45) is 0 Å². The fraction of sp³-hybridized carbons (Fsp3) is 0.300. The highest BCUT2D eigenvalue weighted by Gasteiger charge is 2.27. The van der Waals surface area contributed by atoms with Crippen LogP contribution in [-0.2, 0) is 0 Å². The first-order valence-corrected chi connectivity index (χ1v) is 9.20. The smallest absolute Gasteiger partial charge is 0.118 e. The van der Waals surface area contributed by atoms with E-state index in [1.54, 1.807) is 7.11 Å². The van der Waals surface area contributed by atoms with Crippen LogP contribution in [0.5, 0.6) is 5.75 Å². The normalized spacial score (nSPS) is 16.6. The molecule has 0 aliphatic carbocycles. The molecule has 2 heterocycles. The molecule has 124 valence electrons. The van der Waals surface area contributed by atoms with E-state index in [2.05, 4.69) is 74.5 Å². The monoisotopic (exact) mass is 384 g/mol. The summed E-state index contributed by atoms with van der Waals surface area (Å²) in [5.41, 5.74) is 3.85. The maximum absolute atomic E-state index is 5.33. The summed E-state index contributed by atoms with van der Waals surface area (Å²) in [7, 11) is 1.71. The van der Waals surface area contributed by atoms with Gasteiger partial charge in [-0.3, -0.25) is 4.90 Å². The summed E-state index contributed by atoms with van der Waals surface area (Å²) in [6, 6.07) is 15.2. The molecule has 24 heavy (non-hydrogen) atoms. The van der Waals surface area contributed by atoms with E-state index in [1.807, 2.05) is 0 Å². The van der Waals surface area contributed by atoms with Crippen LogP contribution < -0.4 is 4.74 Å². The summed E-state index contributed by atoms with van der Waals surface area (Å²) >= 11 is 3.62. The van der Waals surface area contributed by atoms with Crippen LogP contribution in [0.25, 0.3) is 10.9 Å². The maximum atomic E-state index is 5.33. The minimum absolute atomic E-state index is 0.279. The van der Waals surface area contributed by atoms with Crippen molar-refractivity contribution in [2.75, 3.05) is 20.2 Å². The average Bonchev–Trinajstić information content (AvgIpc) is 3.27. The highest BCUT2D eigenvalue weighted by molar-refractivity contribution is 9.10. The third kappa shape index (κ3) is 2.85. The lowest BCUT2D eigenvalue weighted by Crippen LogP contribution is -2.26. The molecular formula is C20H21BrN2O. The molecule has 1 saturated heterocycles. The lowest BCUT2D eigenvalue weighted by molar-refractivity contribution is 0.282. The van der Waals surface area contributed by atoms with Gasteiger partial charge in [0.05, 0.1) is 13.2 Å². The first-order chi connectivity index (χ1) is 11.8. The molecule has 1 aromatic heterocycles. The first-order valence-electron chi connectivity index (χ1n) is 8.41. The largest absolute Gasteiger partial charge is 0.497 e. The molecule has 1 unspecified atom stereocenters. The zero-order valence-electron chi connectivity index (χ0n) is 13.8. The zero-order valence-corrected chi connectivity index (χ0v) is 15.3. The van der Waals surface area contributed by atoms with Gasteiger partial charge in [0.2, 0.25) is 0 Å². The van der Waals surface area contributed by atoms with Crippen LogP contribution in [0.15, 0.2) is 53.1 Å². The number of likely N-dealkylation sites (tertiary alicyclic amines) is 1. The number of nitrogens with zero attached hydrogens (tertiary/aromatic N) is 1. The topological polar surface area (TPSA) is 28.3 Å². The van der Waals surface area contributed by atoms with E-state index in [9.17, 15) is 0 Å². The summed E-state index contributed by atoms with van der Waals surface area (Å²) < 4.78 is 6.44. The number of fused-ring (bicyclic) bond motifs is 1. The van der Waals surface area contributed by atoms with Gasteiger partial charge in [-0.05, 0) is 67.4 Å². The zero-order chi connectivity index (χ0) is 16.5. The summed E-state index contributed by atoms with van der Waals surface area (Å²) in [6.45, 7) is 2.30. The van der Waals surface area contributed by atoms with Crippen LogP contribution in [0.1, 0.15) is 30.0 Å². The fourth-order valence-corrected chi connectivity index (χ4v) is 4.07. The molecule has 4 heteroatoms. The van der Waals surface area contributed by atoms with Gasteiger partial charge in [0.25, 0.3) is 0 Å². The number of halogens is 1. The Labute approximate surface area is 150 Å². The van der Waals surface area contributed by atoms with Crippen LogP contribution in [0.2, 0.25) is 0 Å². The Morgan fingerprint density at radius 1 is 1.08 bits per heavy atom. The number of benzene rings is 2. The molecule has 0 bridgehead atoms. The predicted octanol–water partition coefficient (Wildman–Crippen LogP) is 5.12. The van der Waals surface area contributed by atoms with Crippen LogP contribution in [-0.4, -0.2) is 30.1 Å². The van der Waals surface area contributed by atoms with Gasteiger partial charge in [0.15, 0.2) is 0 Å². The van der Waals surface area contributed by atoms with Gasteiger partial charge in [-0.15, -0.1) is 0 Å². The predicted molar refractivity (Wildman–Crippen MR) is 102 cm³/mol. The molecule has 0 spiro atoms. The van der Waals surface area contributed by atoms with Crippen molar-refractivity contribution in [2.45, 2.75) is 18.9 Å². The Morgan fingerprint density at radius 3 is 2.54 bits per heavy atom. The molecule has 0 amide bonds. The quantitative estimate of drug-likeness (QED) is 0.675. The lowest BCUT2D eigenvalue weighted by Gasteiger charge is -2.28. The van der Waals surface area contributed by atoms with Crippen molar-refractivity contribution in [3.63, 3.8) is 0 Å². The van der Waals surface area contributed by atoms with E-state index in [-0.39, 0.29) is 6.04 Å². The van der Waals surface area contributed by atoms with Crippen LogP contribution >= 0.6 is 15.9 Å². The number of hydrogen-bond acceptors (Lipinski definition) is 2. The second-order valence-electron chi connectivity index (χ2n) is 6.35. The van der Waals surface area contributed by atoms with Crippen molar-refractivity contribution < 1.29 is 4.74 Å². The summed E-state index contributed by atoms with van der Waals surface area (Å²) in [5.74, 6) is 0.903. The Hall–Kier alpha value is -1.78. The Bertz CT molecular complexity index is 834.